The molecule has 1 aliphatic carbocycles. The average Bonchev–Trinajstić information content (AvgIpc) is 3.28. The minimum atomic E-state index is 0.542. The first-order valence-electron chi connectivity index (χ1n) is 9.35. The van der Waals surface area contributed by atoms with Crippen LogP contribution in [0.2, 0.25) is 0 Å². The van der Waals surface area contributed by atoms with Gasteiger partial charge in [-0.2, -0.15) is 5.10 Å². The highest BCUT2D eigenvalue weighted by Gasteiger charge is 2.14. The van der Waals surface area contributed by atoms with E-state index >= 15 is 0 Å². The van der Waals surface area contributed by atoms with Crippen molar-refractivity contribution in [2.75, 3.05) is 13.1 Å². The summed E-state index contributed by atoms with van der Waals surface area (Å²) >= 11 is 0. The van der Waals surface area contributed by atoms with E-state index in [9.17, 15) is 0 Å². The predicted octanol–water partition coefficient (Wildman–Crippen LogP) is 2.67. The van der Waals surface area contributed by atoms with Gasteiger partial charge >= 0.3 is 0 Å². The lowest BCUT2D eigenvalue weighted by Gasteiger charge is -2.25. The van der Waals surface area contributed by atoms with Crippen LogP contribution >= 0.6 is 0 Å². The van der Waals surface area contributed by atoms with E-state index in [-0.39, 0.29) is 0 Å². The lowest BCUT2D eigenvalue weighted by atomic mass is 9.96. The number of hydrogen-bond donors (Lipinski definition) is 2. The Bertz CT molecular complexity index is 641. The van der Waals surface area contributed by atoms with Crippen molar-refractivity contribution in [2.45, 2.75) is 51.0 Å². The molecule has 0 aromatic carbocycles. The normalized spacial score (nSPS) is 16.1. The SMILES string of the molecule is Cn1nccc1CCNC(=NCCc1ccco1)NC1CCCCC1. The van der Waals surface area contributed by atoms with Gasteiger partial charge in [-0.1, -0.05) is 19.3 Å². The van der Waals surface area contributed by atoms with Gasteiger partial charge in [0.2, 0.25) is 0 Å². The van der Waals surface area contributed by atoms with E-state index in [4.69, 9.17) is 9.41 Å². The van der Waals surface area contributed by atoms with Crippen LogP contribution in [0.25, 0.3) is 0 Å². The second-order valence-corrected chi connectivity index (χ2v) is 6.66. The van der Waals surface area contributed by atoms with Gasteiger partial charge < -0.3 is 15.1 Å². The van der Waals surface area contributed by atoms with Crippen molar-refractivity contribution in [3.05, 3.63) is 42.1 Å². The van der Waals surface area contributed by atoms with Crippen LogP contribution in [-0.2, 0) is 19.9 Å². The first-order chi connectivity index (χ1) is 12.3. The van der Waals surface area contributed by atoms with E-state index in [0.717, 1.165) is 37.7 Å². The average molecular weight is 343 g/mol. The molecule has 0 unspecified atom stereocenters. The molecule has 136 valence electrons. The van der Waals surface area contributed by atoms with Crippen LogP contribution in [0.1, 0.15) is 43.6 Å². The zero-order valence-corrected chi connectivity index (χ0v) is 15.1. The first-order valence-corrected chi connectivity index (χ1v) is 9.35. The molecule has 0 atom stereocenters. The van der Waals surface area contributed by atoms with Gasteiger partial charge in [-0.15, -0.1) is 0 Å². The van der Waals surface area contributed by atoms with E-state index in [2.05, 4.69) is 21.8 Å². The fraction of sp³-hybridized carbons (Fsp3) is 0.579. The van der Waals surface area contributed by atoms with E-state index in [1.165, 1.54) is 37.8 Å². The Kier molecular flexibility index (Phi) is 6.54. The van der Waals surface area contributed by atoms with E-state index < -0.39 is 0 Å². The molecule has 0 radical (unpaired) electrons. The molecular formula is C19H29N5O. The zero-order valence-electron chi connectivity index (χ0n) is 15.1. The molecule has 1 fully saturated rings. The number of nitrogens with zero attached hydrogens (tertiary/aromatic N) is 3. The van der Waals surface area contributed by atoms with Gasteiger partial charge in [0.05, 0.1) is 6.26 Å². The van der Waals surface area contributed by atoms with E-state index in [1.807, 2.05) is 30.1 Å². The lowest BCUT2D eigenvalue weighted by Crippen LogP contribution is -2.45. The Morgan fingerprint density at radius 1 is 1.28 bits per heavy atom. The number of hydrogen-bond acceptors (Lipinski definition) is 3. The first kappa shape index (κ1) is 17.6. The third-order valence-electron chi connectivity index (χ3n) is 4.75. The number of aryl methyl sites for hydroxylation is 1. The van der Waals surface area contributed by atoms with Crippen molar-refractivity contribution in [1.82, 2.24) is 20.4 Å². The Hall–Kier alpha value is -2.24. The molecule has 3 rings (SSSR count). The highest BCUT2D eigenvalue weighted by atomic mass is 16.3. The molecule has 6 nitrogen and oxygen atoms in total. The van der Waals surface area contributed by atoms with Crippen LogP contribution in [-0.4, -0.2) is 34.9 Å². The number of furan rings is 1. The molecule has 0 aliphatic heterocycles. The zero-order chi connectivity index (χ0) is 17.3. The Morgan fingerprint density at radius 3 is 2.88 bits per heavy atom. The molecule has 1 saturated carbocycles. The lowest BCUT2D eigenvalue weighted by molar-refractivity contribution is 0.409. The summed E-state index contributed by atoms with van der Waals surface area (Å²) in [5.74, 6) is 1.90. The largest absolute Gasteiger partial charge is 0.469 e. The van der Waals surface area contributed by atoms with E-state index in [1.54, 1.807) is 6.26 Å². The molecule has 2 N–H and O–H groups in total. The molecule has 0 bridgehead atoms. The molecule has 2 heterocycles. The van der Waals surface area contributed by atoms with Gasteiger partial charge in [0.25, 0.3) is 0 Å². The number of guanidine groups is 1. The summed E-state index contributed by atoms with van der Waals surface area (Å²) in [7, 11) is 1.98. The van der Waals surface area contributed by atoms with Crippen LogP contribution in [0.3, 0.4) is 0 Å². The van der Waals surface area contributed by atoms with Crippen molar-refractivity contribution >= 4 is 5.96 Å². The topological polar surface area (TPSA) is 67.4 Å². The van der Waals surface area contributed by atoms with Crippen LogP contribution in [0.5, 0.6) is 0 Å². The Labute approximate surface area is 149 Å². The minimum Gasteiger partial charge on any atom is -0.469 e. The smallest absolute Gasteiger partial charge is 0.191 e. The summed E-state index contributed by atoms with van der Waals surface area (Å²) in [6.45, 7) is 1.57. The summed E-state index contributed by atoms with van der Waals surface area (Å²) < 4.78 is 7.31. The third kappa shape index (κ3) is 5.66. The fourth-order valence-corrected chi connectivity index (χ4v) is 3.28. The quantitative estimate of drug-likeness (QED) is 0.599. The third-order valence-corrected chi connectivity index (χ3v) is 4.75. The molecule has 1 aliphatic rings. The Balaban J connectivity index is 1.51. The molecule has 0 amide bonds. The number of aliphatic imine (C=N–C) groups is 1. The molecule has 0 spiro atoms. The van der Waals surface area contributed by atoms with Gasteiger partial charge in [-0.25, -0.2) is 0 Å². The van der Waals surface area contributed by atoms with Gasteiger partial charge in [0.1, 0.15) is 5.76 Å². The maximum atomic E-state index is 5.39. The standard InChI is InChI=1S/C19H29N5O/c1-24-17(10-14-22-24)9-12-20-19(23-16-6-3-2-4-7-16)21-13-11-18-8-5-15-25-18/h5,8,10,14-16H,2-4,6-7,9,11-13H2,1H3,(H2,20,21,23). The molecule has 0 saturated heterocycles. The van der Waals surface area contributed by atoms with Crippen LogP contribution in [0.15, 0.2) is 40.1 Å². The molecule has 25 heavy (non-hydrogen) atoms. The van der Waals surface area contributed by atoms with Crippen molar-refractivity contribution in [1.29, 1.82) is 0 Å². The van der Waals surface area contributed by atoms with Crippen molar-refractivity contribution in [3.63, 3.8) is 0 Å². The maximum absolute atomic E-state index is 5.39. The van der Waals surface area contributed by atoms with Crippen LogP contribution in [0, 0.1) is 0 Å². The van der Waals surface area contributed by atoms with Crippen molar-refractivity contribution < 1.29 is 4.42 Å². The summed E-state index contributed by atoms with van der Waals surface area (Å²) in [4.78, 5) is 4.75. The van der Waals surface area contributed by atoms with Gasteiger partial charge in [0, 0.05) is 50.9 Å². The molecule has 6 heteroatoms. The number of rotatable bonds is 7. The fourth-order valence-electron chi connectivity index (χ4n) is 3.28. The molecule has 2 aromatic heterocycles. The second kappa shape index (κ2) is 9.30. The monoisotopic (exact) mass is 343 g/mol. The van der Waals surface area contributed by atoms with Crippen LogP contribution < -0.4 is 10.6 Å². The van der Waals surface area contributed by atoms with Crippen LogP contribution in [0.4, 0.5) is 0 Å². The minimum absolute atomic E-state index is 0.542. The second-order valence-electron chi connectivity index (χ2n) is 6.66. The maximum Gasteiger partial charge on any atom is 0.191 e. The summed E-state index contributed by atoms with van der Waals surface area (Å²) in [6, 6.07) is 6.52. The van der Waals surface area contributed by atoms with Gasteiger partial charge in [-0.05, 0) is 31.0 Å². The van der Waals surface area contributed by atoms with Crippen molar-refractivity contribution in [2.24, 2.45) is 12.0 Å². The Morgan fingerprint density at radius 2 is 2.16 bits per heavy atom. The molecule has 2 aromatic rings. The van der Waals surface area contributed by atoms with Gasteiger partial charge in [-0.3, -0.25) is 9.67 Å². The van der Waals surface area contributed by atoms with Crippen molar-refractivity contribution in [3.8, 4) is 0 Å². The summed E-state index contributed by atoms with van der Waals surface area (Å²) in [5.41, 5.74) is 1.22. The molecular weight excluding hydrogens is 314 g/mol. The highest BCUT2D eigenvalue weighted by molar-refractivity contribution is 5.80. The summed E-state index contributed by atoms with van der Waals surface area (Å²) in [6.07, 6.45) is 11.8. The number of nitrogens with one attached hydrogen (secondary N) is 2. The summed E-state index contributed by atoms with van der Waals surface area (Å²) in [5, 5.41) is 11.3. The predicted molar refractivity (Wildman–Crippen MR) is 99.6 cm³/mol. The van der Waals surface area contributed by atoms with Gasteiger partial charge in [0.15, 0.2) is 5.96 Å². The van der Waals surface area contributed by atoms with E-state index in [0.29, 0.717) is 6.04 Å². The number of aromatic nitrogens is 2. The highest BCUT2D eigenvalue weighted by Crippen LogP contribution is 2.17.